The summed E-state index contributed by atoms with van der Waals surface area (Å²) in [7, 11) is 0. The maximum atomic E-state index is 14.3. The number of aromatic nitrogens is 3. The van der Waals surface area contributed by atoms with Gasteiger partial charge in [-0.25, -0.2) is 15.0 Å². The number of aryl methyl sites for hydroxylation is 1. The Bertz CT molecular complexity index is 2760. The Hall–Kier alpha value is -5.96. The fourth-order valence-electron chi connectivity index (χ4n) is 10.2. The Morgan fingerprint density at radius 2 is 1.62 bits per heavy atom. The van der Waals surface area contributed by atoms with Gasteiger partial charge in [-0.05, 0) is 110 Å². The molecule has 0 unspecified atom stereocenters. The molecule has 73 heavy (non-hydrogen) atoms. The number of carbonyl (C=O) groups excluding carboxylic acids is 3. The predicted octanol–water partition coefficient (Wildman–Crippen LogP) is 7.54. The van der Waals surface area contributed by atoms with E-state index in [2.05, 4.69) is 55.2 Å². The third-order valence-electron chi connectivity index (χ3n) is 14.7. The van der Waals surface area contributed by atoms with Gasteiger partial charge in [0, 0.05) is 62.3 Å². The molecule has 5 aromatic rings. The molecule has 2 aromatic heterocycles. The number of β-amino-alcohol motifs (C(OH)–C–C–N with tert-alkyl or cyclic N) is 1. The number of thiazole rings is 1. The molecule has 3 N–H and O–H groups in total. The van der Waals surface area contributed by atoms with Crippen molar-refractivity contribution in [2.45, 2.75) is 104 Å². The Kier molecular flexibility index (Phi) is 16.9. The second-order valence-corrected chi connectivity index (χ2v) is 22.8. The molecule has 3 aliphatic rings. The molecule has 0 radical (unpaired) electrons. The SMILES string of the molecule is Cc1ncsc1-c1ccc([C@H](C)NC(=O)[C@@H]2C[C@@H](O)CN2C(=O)[C@@H](NC(=O)CN2CCC(CN3CCN(c4nccc(COc5ccc(C(C)(C)c6cc(Cl)cc(C#N)c6)cc5)n4)CC3)CC2)C(C)(C)C)cc1. The second kappa shape index (κ2) is 23.1. The van der Waals surface area contributed by atoms with Gasteiger partial charge in [-0.15, -0.1) is 11.3 Å². The highest BCUT2D eigenvalue weighted by atomic mass is 35.5. The second-order valence-electron chi connectivity index (χ2n) is 21.5. The molecule has 4 atom stereocenters. The number of piperazine rings is 1. The zero-order chi connectivity index (χ0) is 52.0. The highest BCUT2D eigenvalue weighted by molar-refractivity contribution is 7.13. The Labute approximate surface area is 438 Å². The molecule has 5 heterocycles. The monoisotopic (exact) mass is 1030 g/mol. The van der Waals surface area contributed by atoms with E-state index in [1.165, 1.54) is 4.90 Å². The number of ether oxygens (including phenoxy) is 1. The zero-order valence-electron chi connectivity index (χ0n) is 43.1. The molecule has 0 bridgehead atoms. The first-order valence-electron chi connectivity index (χ1n) is 25.4. The predicted molar refractivity (Wildman–Crippen MR) is 285 cm³/mol. The summed E-state index contributed by atoms with van der Waals surface area (Å²) in [5, 5.41) is 26.8. The van der Waals surface area contributed by atoms with E-state index >= 15 is 0 Å². The van der Waals surface area contributed by atoms with Gasteiger partial charge >= 0.3 is 0 Å². The van der Waals surface area contributed by atoms with Crippen molar-refractivity contribution < 1.29 is 24.2 Å². The molecule has 3 aliphatic heterocycles. The number of anilines is 1. The Morgan fingerprint density at radius 1 is 0.904 bits per heavy atom. The lowest BCUT2D eigenvalue weighted by Crippen LogP contribution is -2.59. The number of halogens is 1. The number of nitrogens with zero attached hydrogens (tertiary/aromatic N) is 8. The highest BCUT2D eigenvalue weighted by Crippen LogP contribution is 2.35. The number of amides is 3. The maximum Gasteiger partial charge on any atom is 0.246 e. The summed E-state index contributed by atoms with van der Waals surface area (Å²) in [4.78, 5) is 65.0. The van der Waals surface area contributed by atoms with Crippen LogP contribution < -0.4 is 20.3 Å². The molecule has 0 saturated carbocycles. The minimum Gasteiger partial charge on any atom is -0.487 e. The normalized spacial score (nSPS) is 19.0. The summed E-state index contributed by atoms with van der Waals surface area (Å²) in [6, 6.07) is 23.5. The van der Waals surface area contributed by atoms with Crippen molar-refractivity contribution in [3.8, 4) is 22.3 Å². The summed E-state index contributed by atoms with van der Waals surface area (Å²) in [5.41, 5.74) is 7.15. The number of nitrogens with one attached hydrogen (secondary N) is 2. The van der Waals surface area contributed by atoms with E-state index in [4.69, 9.17) is 21.3 Å². The number of hydrogen-bond acceptors (Lipinski definition) is 13. The minimum absolute atomic E-state index is 0.0209. The smallest absolute Gasteiger partial charge is 0.246 e. The van der Waals surface area contributed by atoms with Gasteiger partial charge in [0.1, 0.15) is 24.4 Å². The van der Waals surface area contributed by atoms with Crippen LogP contribution in [0.25, 0.3) is 10.4 Å². The van der Waals surface area contributed by atoms with Crippen LogP contribution in [-0.4, -0.2) is 130 Å². The Morgan fingerprint density at radius 3 is 2.27 bits per heavy atom. The van der Waals surface area contributed by atoms with Crippen LogP contribution in [0.2, 0.25) is 5.02 Å². The number of hydrogen-bond donors (Lipinski definition) is 3. The van der Waals surface area contributed by atoms with Crippen LogP contribution in [0.15, 0.2) is 84.5 Å². The molecule has 0 spiro atoms. The van der Waals surface area contributed by atoms with Gasteiger partial charge in [0.25, 0.3) is 0 Å². The largest absolute Gasteiger partial charge is 0.487 e. The molecule has 386 valence electrons. The van der Waals surface area contributed by atoms with E-state index in [1.54, 1.807) is 23.6 Å². The van der Waals surface area contributed by atoms with E-state index in [-0.39, 0.29) is 48.7 Å². The van der Waals surface area contributed by atoms with Crippen molar-refractivity contribution >= 4 is 46.6 Å². The van der Waals surface area contributed by atoms with E-state index in [9.17, 15) is 24.8 Å². The Balaban J connectivity index is 0.761. The molecule has 3 amide bonds. The highest BCUT2D eigenvalue weighted by Gasteiger charge is 2.45. The number of likely N-dealkylation sites (tertiary alicyclic amines) is 2. The number of nitriles is 1. The summed E-state index contributed by atoms with van der Waals surface area (Å²) in [5.74, 6) is 1.02. The third kappa shape index (κ3) is 13.2. The molecule has 3 saturated heterocycles. The van der Waals surface area contributed by atoms with Crippen LogP contribution in [0, 0.1) is 29.6 Å². The lowest BCUT2D eigenvalue weighted by atomic mass is 9.78. The topological polar surface area (TPSA) is 180 Å². The van der Waals surface area contributed by atoms with Crippen LogP contribution in [-0.2, 0) is 26.4 Å². The van der Waals surface area contributed by atoms with Gasteiger partial charge in [0.05, 0.1) is 52.1 Å². The van der Waals surface area contributed by atoms with Gasteiger partial charge < -0.3 is 30.3 Å². The van der Waals surface area contributed by atoms with Crippen LogP contribution in [0.4, 0.5) is 5.95 Å². The van der Waals surface area contributed by atoms with Crippen molar-refractivity contribution in [3.05, 3.63) is 123 Å². The number of piperidine rings is 1. The number of carbonyl (C=O) groups is 3. The summed E-state index contributed by atoms with van der Waals surface area (Å²) in [6.07, 6.45) is 3.01. The quantitative estimate of drug-likeness (QED) is 0.0886. The number of aliphatic hydroxyl groups excluding tert-OH is 1. The van der Waals surface area contributed by atoms with Crippen LogP contribution in [0.1, 0.15) is 100 Å². The lowest BCUT2D eigenvalue weighted by Gasteiger charge is -2.39. The van der Waals surface area contributed by atoms with Crippen molar-refractivity contribution in [1.82, 2.24) is 40.3 Å². The van der Waals surface area contributed by atoms with Gasteiger partial charge in [0.15, 0.2) is 0 Å². The molecular formula is C56H69ClN10O5S. The number of rotatable bonds is 16. The van der Waals surface area contributed by atoms with E-state index in [1.807, 2.05) is 107 Å². The van der Waals surface area contributed by atoms with Gasteiger partial charge in [-0.1, -0.05) is 82.6 Å². The first-order chi connectivity index (χ1) is 34.8. The lowest BCUT2D eigenvalue weighted by molar-refractivity contribution is -0.144. The van der Waals surface area contributed by atoms with Gasteiger partial charge in [0.2, 0.25) is 23.7 Å². The molecule has 3 fully saturated rings. The van der Waals surface area contributed by atoms with Gasteiger partial charge in [-0.3, -0.25) is 24.2 Å². The van der Waals surface area contributed by atoms with E-state index in [0.29, 0.717) is 29.1 Å². The van der Waals surface area contributed by atoms with Crippen LogP contribution in [0.3, 0.4) is 0 Å². The molecule has 3 aromatic carbocycles. The first-order valence-corrected chi connectivity index (χ1v) is 26.6. The fraction of sp³-hybridized carbons (Fsp3) is 0.482. The van der Waals surface area contributed by atoms with Crippen LogP contribution >= 0.6 is 22.9 Å². The average molecular weight is 1030 g/mol. The van der Waals surface area contributed by atoms with E-state index < -0.39 is 23.6 Å². The maximum absolute atomic E-state index is 14.3. The molecule has 0 aliphatic carbocycles. The van der Waals surface area contributed by atoms with E-state index in [0.717, 1.165) is 103 Å². The minimum atomic E-state index is -0.886. The summed E-state index contributed by atoms with van der Waals surface area (Å²) < 4.78 is 6.15. The van der Waals surface area contributed by atoms with Crippen molar-refractivity contribution in [3.63, 3.8) is 0 Å². The molecule has 17 heteroatoms. The van der Waals surface area contributed by atoms with Gasteiger partial charge in [-0.2, -0.15) is 5.26 Å². The first kappa shape index (κ1) is 53.3. The number of aliphatic hydroxyl groups is 1. The average Bonchev–Trinajstić information content (AvgIpc) is 4.00. The summed E-state index contributed by atoms with van der Waals surface area (Å²) >= 11 is 7.91. The van der Waals surface area contributed by atoms with Crippen molar-refractivity contribution in [2.24, 2.45) is 11.3 Å². The van der Waals surface area contributed by atoms with Crippen molar-refractivity contribution in [1.29, 1.82) is 5.26 Å². The number of benzene rings is 3. The van der Waals surface area contributed by atoms with Crippen molar-refractivity contribution in [2.75, 3.05) is 63.8 Å². The molecular weight excluding hydrogens is 960 g/mol. The molecule has 8 rings (SSSR count). The summed E-state index contributed by atoms with van der Waals surface area (Å²) in [6.45, 7) is 20.4. The fourth-order valence-corrected chi connectivity index (χ4v) is 11.2. The standard InChI is InChI=1S/C56H69ClN10O5S/c1-36(40-8-10-41(11-9-40)50-37(2)60-35-73-50)61-52(70)48-29-46(68)32-67(48)53(71)51(55(3,4)5)63-49(69)33-64-20-17-38(18-21-64)31-65-22-24-66(25-23-65)54-59-19-16-45(62-54)34-72-47-14-12-42(13-15-47)56(6,7)43-26-39(30-58)27-44(57)28-43/h8-16,19,26-28,35-36,38,46,48,51,68H,17-18,20-25,29,31-34H2,1-7H3,(H,61,70)(H,63,69)/t36-,46+,48-,51+/m0/s1. The zero-order valence-corrected chi connectivity index (χ0v) is 44.7. The molecule has 15 nitrogen and oxygen atoms in total. The third-order valence-corrected chi connectivity index (χ3v) is 15.9. The van der Waals surface area contributed by atoms with Crippen LogP contribution in [0.5, 0.6) is 5.75 Å².